The van der Waals surface area contributed by atoms with Crippen molar-refractivity contribution in [1.29, 1.82) is 0 Å². The van der Waals surface area contributed by atoms with Gasteiger partial charge in [-0.2, -0.15) is 4.98 Å². The van der Waals surface area contributed by atoms with Crippen LogP contribution >= 0.6 is 0 Å². The van der Waals surface area contributed by atoms with Gasteiger partial charge in [-0.1, -0.05) is 29.4 Å². The molecular formula is C19H16FN3O3. The molecule has 1 aliphatic heterocycles. The molecule has 2 heterocycles. The van der Waals surface area contributed by atoms with Gasteiger partial charge >= 0.3 is 0 Å². The Balaban J connectivity index is 1.50. The van der Waals surface area contributed by atoms with Crippen molar-refractivity contribution in [2.45, 2.75) is 6.10 Å². The van der Waals surface area contributed by atoms with E-state index in [2.05, 4.69) is 10.1 Å². The van der Waals surface area contributed by atoms with Gasteiger partial charge in [0.15, 0.2) is 0 Å². The number of rotatable bonds is 3. The largest absolute Gasteiger partial charge is 0.366 e. The maximum Gasteiger partial charge on any atom is 0.258 e. The molecule has 1 aliphatic rings. The quantitative estimate of drug-likeness (QED) is 0.724. The molecule has 4 rings (SSSR count). The summed E-state index contributed by atoms with van der Waals surface area (Å²) in [7, 11) is 0. The number of amides is 1. The van der Waals surface area contributed by atoms with Crippen LogP contribution in [0, 0.1) is 5.82 Å². The first-order valence-electron chi connectivity index (χ1n) is 8.26. The highest BCUT2D eigenvalue weighted by atomic mass is 19.1. The topological polar surface area (TPSA) is 68.5 Å². The predicted molar refractivity (Wildman–Crippen MR) is 90.7 cm³/mol. The van der Waals surface area contributed by atoms with Crippen molar-refractivity contribution in [2.24, 2.45) is 0 Å². The van der Waals surface area contributed by atoms with E-state index in [1.165, 1.54) is 18.2 Å². The molecule has 3 aromatic rings. The summed E-state index contributed by atoms with van der Waals surface area (Å²) in [4.78, 5) is 18.6. The second kappa shape index (κ2) is 7.05. The molecule has 0 N–H and O–H groups in total. The number of halogens is 1. The van der Waals surface area contributed by atoms with Crippen LogP contribution in [0.3, 0.4) is 0 Å². The van der Waals surface area contributed by atoms with Crippen LogP contribution in [0.4, 0.5) is 4.39 Å². The number of nitrogens with zero attached hydrogens (tertiary/aromatic N) is 3. The van der Waals surface area contributed by atoms with Gasteiger partial charge in [-0.3, -0.25) is 4.79 Å². The van der Waals surface area contributed by atoms with Gasteiger partial charge in [0.1, 0.15) is 11.9 Å². The molecule has 0 bridgehead atoms. The second-order valence-corrected chi connectivity index (χ2v) is 5.94. The van der Waals surface area contributed by atoms with Gasteiger partial charge in [-0.05, 0) is 30.3 Å². The Labute approximate surface area is 149 Å². The fraction of sp³-hybridized carbons (Fsp3) is 0.211. The van der Waals surface area contributed by atoms with E-state index >= 15 is 0 Å². The molecule has 1 amide bonds. The molecule has 1 atom stereocenters. The van der Waals surface area contributed by atoms with E-state index in [1.807, 2.05) is 30.3 Å². The van der Waals surface area contributed by atoms with Gasteiger partial charge < -0.3 is 14.2 Å². The van der Waals surface area contributed by atoms with Crippen molar-refractivity contribution in [3.8, 4) is 11.5 Å². The zero-order chi connectivity index (χ0) is 17.9. The van der Waals surface area contributed by atoms with E-state index in [0.29, 0.717) is 30.4 Å². The van der Waals surface area contributed by atoms with E-state index in [1.54, 1.807) is 11.0 Å². The van der Waals surface area contributed by atoms with Gasteiger partial charge in [0.05, 0.1) is 13.2 Å². The van der Waals surface area contributed by atoms with Crippen molar-refractivity contribution in [2.75, 3.05) is 19.7 Å². The molecule has 6 nitrogen and oxygen atoms in total. The molecule has 132 valence electrons. The van der Waals surface area contributed by atoms with Crippen molar-refractivity contribution < 1.29 is 18.4 Å². The van der Waals surface area contributed by atoms with Crippen LogP contribution in [0.1, 0.15) is 22.3 Å². The standard InChI is InChI=1S/C19H16FN3O3/c20-15-8-4-7-14(11-15)19(24)23-9-10-25-16(12-23)17-21-18(26-22-17)13-5-2-1-3-6-13/h1-8,11,16H,9-10,12H2/t16-/m0/s1. The third-order valence-corrected chi connectivity index (χ3v) is 4.18. The Kier molecular flexibility index (Phi) is 4.45. The molecule has 0 spiro atoms. The number of hydrogen-bond donors (Lipinski definition) is 0. The maximum atomic E-state index is 13.4. The minimum atomic E-state index is -0.484. The summed E-state index contributed by atoms with van der Waals surface area (Å²) in [5.74, 6) is 0.106. The summed E-state index contributed by atoms with van der Waals surface area (Å²) >= 11 is 0. The summed E-state index contributed by atoms with van der Waals surface area (Å²) in [6.07, 6.45) is -0.484. The third kappa shape index (κ3) is 3.34. The maximum absolute atomic E-state index is 13.4. The Morgan fingerprint density at radius 3 is 2.81 bits per heavy atom. The fourth-order valence-corrected chi connectivity index (χ4v) is 2.86. The number of aromatic nitrogens is 2. The monoisotopic (exact) mass is 353 g/mol. The number of ether oxygens (including phenoxy) is 1. The Morgan fingerprint density at radius 2 is 2.00 bits per heavy atom. The lowest BCUT2D eigenvalue weighted by molar-refractivity contribution is -0.0276. The van der Waals surface area contributed by atoms with Crippen LogP contribution in [-0.2, 0) is 4.74 Å². The zero-order valence-corrected chi connectivity index (χ0v) is 13.8. The SMILES string of the molecule is O=C(c1cccc(F)c1)N1CCO[C@H](c2noc(-c3ccccc3)n2)C1. The minimum absolute atomic E-state index is 0.246. The average molecular weight is 353 g/mol. The first-order chi connectivity index (χ1) is 12.7. The second-order valence-electron chi connectivity index (χ2n) is 5.94. The lowest BCUT2D eigenvalue weighted by Crippen LogP contribution is -2.42. The number of benzene rings is 2. The molecule has 1 aromatic heterocycles. The number of carbonyl (C=O) groups is 1. The molecule has 0 saturated carbocycles. The Hall–Kier alpha value is -3.06. The van der Waals surface area contributed by atoms with Crippen molar-refractivity contribution in [3.05, 3.63) is 71.8 Å². The van der Waals surface area contributed by atoms with Crippen LogP contribution in [0.25, 0.3) is 11.5 Å². The van der Waals surface area contributed by atoms with Crippen molar-refractivity contribution >= 4 is 5.91 Å². The predicted octanol–water partition coefficient (Wildman–Crippen LogP) is 3.09. The number of carbonyl (C=O) groups excluding carboxylic acids is 1. The Bertz CT molecular complexity index is 913. The highest BCUT2D eigenvalue weighted by Gasteiger charge is 2.29. The van der Waals surface area contributed by atoms with E-state index in [-0.39, 0.29) is 12.5 Å². The van der Waals surface area contributed by atoms with Crippen LogP contribution in [0.5, 0.6) is 0 Å². The van der Waals surface area contributed by atoms with Gasteiger partial charge in [-0.25, -0.2) is 4.39 Å². The third-order valence-electron chi connectivity index (χ3n) is 4.18. The molecule has 0 radical (unpaired) electrons. The molecule has 1 saturated heterocycles. The van der Waals surface area contributed by atoms with E-state index in [4.69, 9.17) is 9.26 Å². The molecule has 26 heavy (non-hydrogen) atoms. The average Bonchev–Trinajstić information content (AvgIpc) is 3.18. The lowest BCUT2D eigenvalue weighted by atomic mass is 10.1. The first kappa shape index (κ1) is 16.4. The summed E-state index contributed by atoms with van der Waals surface area (Å²) in [6, 6.07) is 15.1. The van der Waals surface area contributed by atoms with E-state index in [9.17, 15) is 9.18 Å². The van der Waals surface area contributed by atoms with Gasteiger partial charge in [0.25, 0.3) is 11.8 Å². The molecule has 7 heteroatoms. The summed E-state index contributed by atoms with van der Waals surface area (Å²) in [5.41, 5.74) is 1.12. The smallest absolute Gasteiger partial charge is 0.258 e. The minimum Gasteiger partial charge on any atom is -0.366 e. The first-order valence-corrected chi connectivity index (χ1v) is 8.26. The van der Waals surface area contributed by atoms with E-state index in [0.717, 1.165) is 5.56 Å². The van der Waals surface area contributed by atoms with Gasteiger partial charge in [0.2, 0.25) is 5.82 Å². The molecular weight excluding hydrogens is 337 g/mol. The molecule has 0 aliphatic carbocycles. The van der Waals surface area contributed by atoms with Gasteiger partial charge in [0, 0.05) is 17.7 Å². The summed E-state index contributed by atoms with van der Waals surface area (Å²) < 4.78 is 24.4. The molecule has 0 unspecified atom stereocenters. The highest BCUT2D eigenvalue weighted by molar-refractivity contribution is 5.94. The van der Waals surface area contributed by atoms with Crippen LogP contribution in [0.2, 0.25) is 0 Å². The van der Waals surface area contributed by atoms with E-state index < -0.39 is 11.9 Å². The number of morpholine rings is 1. The van der Waals surface area contributed by atoms with Gasteiger partial charge in [-0.15, -0.1) is 0 Å². The molecule has 1 fully saturated rings. The Morgan fingerprint density at radius 1 is 1.15 bits per heavy atom. The molecule has 2 aromatic carbocycles. The van der Waals surface area contributed by atoms with Crippen LogP contribution in [0.15, 0.2) is 59.1 Å². The van der Waals surface area contributed by atoms with Crippen molar-refractivity contribution in [1.82, 2.24) is 15.0 Å². The fourth-order valence-electron chi connectivity index (χ4n) is 2.86. The number of hydrogen-bond acceptors (Lipinski definition) is 5. The normalized spacial score (nSPS) is 17.3. The van der Waals surface area contributed by atoms with Crippen LogP contribution in [-0.4, -0.2) is 40.6 Å². The zero-order valence-electron chi connectivity index (χ0n) is 13.8. The summed E-state index contributed by atoms with van der Waals surface area (Å²) in [5, 5.41) is 3.99. The highest BCUT2D eigenvalue weighted by Crippen LogP contribution is 2.24. The lowest BCUT2D eigenvalue weighted by Gasteiger charge is -2.31. The van der Waals surface area contributed by atoms with Crippen molar-refractivity contribution in [3.63, 3.8) is 0 Å². The van der Waals surface area contributed by atoms with Crippen LogP contribution < -0.4 is 0 Å². The summed E-state index contributed by atoms with van der Waals surface area (Å²) in [6.45, 7) is 1.05.